The van der Waals surface area contributed by atoms with E-state index >= 15 is 0 Å². The van der Waals surface area contributed by atoms with Crippen molar-refractivity contribution >= 4 is 0 Å². The van der Waals surface area contributed by atoms with Gasteiger partial charge in [0.05, 0.1) is 11.8 Å². The van der Waals surface area contributed by atoms with E-state index in [1.165, 1.54) is 0 Å². The highest BCUT2D eigenvalue weighted by Crippen LogP contribution is 2.30. The largest absolute Gasteiger partial charge is 0.384 e. The van der Waals surface area contributed by atoms with Crippen molar-refractivity contribution in [2.45, 2.75) is 39.0 Å². The van der Waals surface area contributed by atoms with Crippen LogP contribution in [0.15, 0.2) is 12.3 Å². The molecule has 3 atom stereocenters. The first-order chi connectivity index (χ1) is 7.24. The Balaban J connectivity index is 2.16. The number of ether oxygens (including phenoxy) is 1. The van der Waals surface area contributed by atoms with Crippen LogP contribution in [0.5, 0.6) is 0 Å². The number of aromatic nitrogens is 2. The highest BCUT2D eigenvalue weighted by atomic mass is 16.5. The Kier molecular flexibility index (Phi) is 3.07. The minimum Gasteiger partial charge on any atom is -0.384 e. The van der Waals surface area contributed by atoms with Crippen LogP contribution in [0.25, 0.3) is 0 Å². The predicted octanol–water partition coefficient (Wildman–Crippen LogP) is 1.36. The van der Waals surface area contributed by atoms with Gasteiger partial charge >= 0.3 is 0 Å². The van der Waals surface area contributed by atoms with Gasteiger partial charge in [0.25, 0.3) is 0 Å². The molecular weight excluding hydrogens is 192 g/mol. The fourth-order valence-electron chi connectivity index (χ4n) is 2.15. The molecule has 4 heteroatoms. The second-order valence-corrected chi connectivity index (χ2v) is 4.12. The van der Waals surface area contributed by atoms with E-state index in [2.05, 4.69) is 12.0 Å². The molecule has 1 aliphatic rings. The number of aliphatic hydroxyl groups excluding tert-OH is 1. The summed E-state index contributed by atoms with van der Waals surface area (Å²) in [4.78, 5) is 0. The van der Waals surface area contributed by atoms with Gasteiger partial charge in [-0.3, -0.25) is 4.68 Å². The summed E-state index contributed by atoms with van der Waals surface area (Å²) in [5.74, 6) is 0.417. The van der Waals surface area contributed by atoms with Gasteiger partial charge in [-0.05, 0) is 25.3 Å². The summed E-state index contributed by atoms with van der Waals surface area (Å²) in [7, 11) is 0. The molecule has 15 heavy (non-hydrogen) atoms. The van der Waals surface area contributed by atoms with Gasteiger partial charge in [0, 0.05) is 19.3 Å². The molecule has 2 rings (SSSR count). The molecule has 0 aliphatic carbocycles. The molecule has 1 aliphatic heterocycles. The highest BCUT2D eigenvalue weighted by molar-refractivity contribution is 5.07. The Labute approximate surface area is 89.9 Å². The molecule has 1 fully saturated rings. The van der Waals surface area contributed by atoms with Crippen LogP contribution in [0.3, 0.4) is 0 Å². The average molecular weight is 210 g/mol. The number of nitrogens with zero attached hydrogens (tertiary/aromatic N) is 2. The normalized spacial score (nSPS) is 28.2. The smallest absolute Gasteiger partial charge is 0.122 e. The zero-order valence-corrected chi connectivity index (χ0v) is 9.26. The maximum Gasteiger partial charge on any atom is 0.122 e. The van der Waals surface area contributed by atoms with Crippen molar-refractivity contribution in [3.63, 3.8) is 0 Å². The number of aliphatic hydroxyl groups is 1. The Morgan fingerprint density at radius 2 is 2.53 bits per heavy atom. The van der Waals surface area contributed by atoms with Crippen LogP contribution in [-0.4, -0.2) is 27.6 Å². The Morgan fingerprint density at radius 3 is 3.13 bits per heavy atom. The minimum atomic E-state index is -0.551. The van der Waals surface area contributed by atoms with E-state index in [9.17, 15) is 5.11 Å². The molecule has 0 saturated carbocycles. The van der Waals surface area contributed by atoms with Crippen LogP contribution in [-0.2, 0) is 11.3 Å². The van der Waals surface area contributed by atoms with Crippen molar-refractivity contribution in [1.82, 2.24) is 9.78 Å². The second kappa shape index (κ2) is 4.33. The quantitative estimate of drug-likeness (QED) is 0.819. The summed E-state index contributed by atoms with van der Waals surface area (Å²) in [5, 5.41) is 14.4. The third-order valence-corrected chi connectivity index (χ3v) is 3.11. The zero-order valence-electron chi connectivity index (χ0n) is 9.26. The third-order valence-electron chi connectivity index (χ3n) is 3.11. The molecule has 0 radical (unpaired) electrons. The average Bonchev–Trinajstić information content (AvgIpc) is 2.84. The van der Waals surface area contributed by atoms with Crippen LogP contribution in [0.2, 0.25) is 0 Å². The Morgan fingerprint density at radius 1 is 1.73 bits per heavy atom. The SMILES string of the molecule is CCn1nccc1C(O)C1OCCC1C. The third kappa shape index (κ3) is 1.92. The molecule has 0 aromatic carbocycles. The first-order valence-electron chi connectivity index (χ1n) is 5.55. The lowest BCUT2D eigenvalue weighted by Gasteiger charge is -2.21. The van der Waals surface area contributed by atoms with Crippen molar-refractivity contribution in [3.8, 4) is 0 Å². The monoisotopic (exact) mass is 210 g/mol. The maximum atomic E-state index is 10.2. The van der Waals surface area contributed by atoms with E-state index in [0.717, 1.165) is 25.3 Å². The molecule has 0 spiro atoms. The molecule has 1 aromatic heterocycles. The van der Waals surface area contributed by atoms with E-state index in [1.54, 1.807) is 6.20 Å². The van der Waals surface area contributed by atoms with Crippen LogP contribution in [0.1, 0.15) is 32.1 Å². The van der Waals surface area contributed by atoms with Crippen molar-refractivity contribution in [1.29, 1.82) is 0 Å². The van der Waals surface area contributed by atoms with Gasteiger partial charge in [-0.25, -0.2) is 0 Å². The zero-order chi connectivity index (χ0) is 10.8. The van der Waals surface area contributed by atoms with E-state index < -0.39 is 6.10 Å². The number of aryl methyl sites for hydroxylation is 1. The molecule has 1 N–H and O–H groups in total. The lowest BCUT2D eigenvalue weighted by Crippen LogP contribution is -2.25. The van der Waals surface area contributed by atoms with Crippen LogP contribution < -0.4 is 0 Å². The predicted molar refractivity (Wildman–Crippen MR) is 56.4 cm³/mol. The molecule has 4 nitrogen and oxygen atoms in total. The topological polar surface area (TPSA) is 47.3 Å². The van der Waals surface area contributed by atoms with E-state index in [-0.39, 0.29) is 6.10 Å². The Hall–Kier alpha value is -0.870. The molecule has 84 valence electrons. The lowest BCUT2D eigenvalue weighted by molar-refractivity contribution is -0.0218. The van der Waals surface area contributed by atoms with Crippen LogP contribution >= 0.6 is 0 Å². The summed E-state index contributed by atoms with van der Waals surface area (Å²) in [5.41, 5.74) is 0.858. The molecule has 1 aromatic rings. The van der Waals surface area contributed by atoms with Gasteiger partial charge in [-0.1, -0.05) is 6.92 Å². The Bertz CT molecular complexity index is 324. The van der Waals surface area contributed by atoms with Gasteiger partial charge in [0.1, 0.15) is 6.10 Å². The summed E-state index contributed by atoms with van der Waals surface area (Å²) in [6.07, 6.45) is 2.13. The van der Waals surface area contributed by atoms with Crippen molar-refractivity contribution in [3.05, 3.63) is 18.0 Å². The molecule has 1 saturated heterocycles. The van der Waals surface area contributed by atoms with Crippen LogP contribution in [0, 0.1) is 5.92 Å². The lowest BCUT2D eigenvalue weighted by atomic mass is 9.97. The van der Waals surface area contributed by atoms with Crippen molar-refractivity contribution in [2.75, 3.05) is 6.61 Å². The summed E-state index contributed by atoms with van der Waals surface area (Å²) >= 11 is 0. The van der Waals surface area contributed by atoms with Crippen LogP contribution in [0.4, 0.5) is 0 Å². The van der Waals surface area contributed by atoms with E-state index in [4.69, 9.17) is 4.74 Å². The van der Waals surface area contributed by atoms with Gasteiger partial charge in [-0.2, -0.15) is 5.10 Å². The van der Waals surface area contributed by atoms with Gasteiger partial charge in [-0.15, -0.1) is 0 Å². The molecule has 0 bridgehead atoms. The fraction of sp³-hybridized carbons (Fsp3) is 0.727. The number of rotatable bonds is 3. The molecule has 2 heterocycles. The molecule has 0 amide bonds. The summed E-state index contributed by atoms with van der Waals surface area (Å²) in [6.45, 7) is 5.67. The second-order valence-electron chi connectivity index (χ2n) is 4.12. The summed E-state index contributed by atoms with van der Waals surface area (Å²) in [6, 6.07) is 1.86. The summed E-state index contributed by atoms with van der Waals surface area (Å²) < 4.78 is 7.38. The van der Waals surface area contributed by atoms with Gasteiger partial charge in [0.2, 0.25) is 0 Å². The van der Waals surface area contributed by atoms with Gasteiger partial charge < -0.3 is 9.84 Å². The van der Waals surface area contributed by atoms with Crippen molar-refractivity contribution in [2.24, 2.45) is 5.92 Å². The van der Waals surface area contributed by atoms with E-state index in [1.807, 2.05) is 17.7 Å². The first kappa shape index (κ1) is 10.6. The van der Waals surface area contributed by atoms with Gasteiger partial charge in [0.15, 0.2) is 0 Å². The maximum absolute atomic E-state index is 10.2. The molecular formula is C11H18N2O2. The highest BCUT2D eigenvalue weighted by Gasteiger charge is 2.33. The first-order valence-corrected chi connectivity index (χ1v) is 5.55. The molecule has 3 unspecified atom stereocenters. The minimum absolute atomic E-state index is 0.0769. The van der Waals surface area contributed by atoms with Crippen molar-refractivity contribution < 1.29 is 9.84 Å². The fourth-order valence-corrected chi connectivity index (χ4v) is 2.15. The number of hydrogen-bond acceptors (Lipinski definition) is 3. The standard InChI is InChI=1S/C11H18N2O2/c1-3-13-9(4-6-12-13)10(14)11-8(2)5-7-15-11/h4,6,8,10-11,14H,3,5,7H2,1-2H3. The number of hydrogen-bond donors (Lipinski definition) is 1. The van der Waals surface area contributed by atoms with E-state index in [0.29, 0.717) is 5.92 Å².